The Morgan fingerprint density at radius 1 is 1.36 bits per heavy atom. The zero-order chi connectivity index (χ0) is 15.5. The number of likely N-dealkylation sites (tertiary alicyclic amines) is 1. The van der Waals surface area contributed by atoms with Gasteiger partial charge in [0.05, 0.1) is 6.54 Å². The predicted octanol–water partition coefficient (Wildman–Crippen LogP) is 2.64. The first-order chi connectivity index (χ1) is 10.6. The topological polar surface area (TPSA) is 58.2 Å². The van der Waals surface area contributed by atoms with Gasteiger partial charge in [0.15, 0.2) is 5.69 Å². The number of hydrogen-bond donors (Lipinski definition) is 1. The lowest BCUT2D eigenvalue weighted by molar-refractivity contribution is 0.0766. The minimum absolute atomic E-state index is 0.00987. The molecule has 7 heteroatoms. The van der Waals surface area contributed by atoms with E-state index in [9.17, 15) is 13.6 Å². The number of ether oxygens (including phenoxy) is 1. The van der Waals surface area contributed by atoms with E-state index in [1.165, 1.54) is 0 Å². The molecule has 2 heterocycles. The number of amides is 1. The Labute approximate surface area is 125 Å². The summed E-state index contributed by atoms with van der Waals surface area (Å²) in [5, 5.41) is 5.84. The van der Waals surface area contributed by atoms with Crippen LogP contribution in [0.25, 0.3) is 0 Å². The molecular formula is C15H15F2N3O2. The van der Waals surface area contributed by atoms with Crippen molar-refractivity contribution in [2.24, 2.45) is 0 Å². The van der Waals surface area contributed by atoms with E-state index in [0.717, 1.165) is 11.8 Å². The highest BCUT2D eigenvalue weighted by Crippen LogP contribution is 2.21. The number of H-pyrrole nitrogens is 1. The van der Waals surface area contributed by atoms with Crippen LogP contribution >= 0.6 is 0 Å². The van der Waals surface area contributed by atoms with E-state index >= 15 is 0 Å². The zero-order valence-corrected chi connectivity index (χ0v) is 11.7. The van der Waals surface area contributed by atoms with Gasteiger partial charge in [-0.1, -0.05) is 18.2 Å². The van der Waals surface area contributed by atoms with E-state index in [0.29, 0.717) is 19.5 Å². The number of nitrogens with one attached hydrogen (secondary N) is 1. The van der Waals surface area contributed by atoms with Crippen molar-refractivity contribution in [3.63, 3.8) is 0 Å². The van der Waals surface area contributed by atoms with Gasteiger partial charge < -0.3 is 9.64 Å². The summed E-state index contributed by atoms with van der Waals surface area (Å²) in [6, 6.07) is 10.5. The van der Waals surface area contributed by atoms with Crippen molar-refractivity contribution in [2.45, 2.75) is 19.0 Å². The minimum Gasteiger partial charge on any atom is -0.489 e. The van der Waals surface area contributed by atoms with Crippen LogP contribution in [-0.2, 0) is 0 Å². The van der Waals surface area contributed by atoms with Gasteiger partial charge >= 0.3 is 0 Å². The largest absolute Gasteiger partial charge is 0.489 e. The molecule has 0 spiro atoms. The Hall–Kier alpha value is -2.44. The van der Waals surface area contributed by atoms with E-state index in [1.54, 1.807) is 4.90 Å². The summed E-state index contributed by atoms with van der Waals surface area (Å²) in [7, 11) is 0. The molecule has 1 aliphatic heterocycles. The minimum atomic E-state index is -2.67. The molecule has 0 unspecified atom stereocenters. The highest BCUT2D eigenvalue weighted by atomic mass is 19.3. The van der Waals surface area contributed by atoms with E-state index in [2.05, 4.69) is 10.2 Å². The molecule has 0 aliphatic carbocycles. The standard InChI is InChI=1S/C15H15F2N3O2/c16-14(17)12-8-13(19-18-12)15(21)20-7-6-11(9-20)22-10-4-2-1-3-5-10/h1-5,8,11,14H,6-7,9H2,(H,18,19)/t11-/m1/s1. The number of carbonyl (C=O) groups is 1. The molecule has 2 aromatic rings. The molecule has 1 aliphatic rings. The molecule has 1 saturated heterocycles. The number of carbonyl (C=O) groups excluding carboxylic acids is 1. The van der Waals surface area contributed by atoms with Gasteiger partial charge in [0, 0.05) is 13.0 Å². The van der Waals surface area contributed by atoms with Crippen molar-refractivity contribution in [3.8, 4) is 5.75 Å². The molecule has 1 N–H and O–H groups in total. The fourth-order valence-electron chi connectivity index (χ4n) is 2.42. The second-order valence-electron chi connectivity index (χ2n) is 5.10. The SMILES string of the molecule is O=C(c1cc(C(F)F)[nH]n1)N1CC[C@@H](Oc2ccccc2)C1. The molecule has 1 atom stereocenters. The fourth-order valence-corrected chi connectivity index (χ4v) is 2.42. The third-order valence-corrected chi connectivity index (χ3v) is 3.53. The van der Waals surface area contributed by atoms with Crippen LogP contribution in [0.15, 0.2) is 36.4 Å². The molecule has 22 heavy (non-hydrogen) atoms. The van der Waals surface area contributed by atoms with E-state index in [-0.39, 0.29) is 23.4 Å². The van der Waals surface area contributed by atoms with Crippen molar-refractivity contribution < 1.29 is 18.3 Å². The molecule has 1 amide bonds. The lowest BCUT2D eigenvalue weighted by Crippen LogP contribution is -2.31. The van der Waals surface area contributed by atoms with Crippen LogP contribution < -0.4 is 4.74 Å². The second-order valence-corrected chi connectivity index (χ2v) is 5.10. The average molecular weight is 307 g/mol. The Kier molecular flexibility index (Phi) is 4.04. The van der Waals surface area contributed by atoms with Gasteiger partial charge in [-0.15, -0.1) is 0 Å². The van der Waals surface area contributed by atoms with Crippen molar-refractivity contribution in [3.05, 3.63) is 47.8 Å². The molecule has 1 aromatic carbocycles. The Morgan fingerprint density at radius 3 is 2.82 bits per heavy atom. The maximum absolute atomic E-state index is 12.5. The summed E-state index contributed by atoms with van der Waals surface area (Å²) in [5.41, 5.74) is -0.338. The van der Waals surface area contributed by atoms with Crippen molar-refractivity contribution in [1.82, 2.24) is 15.1 Å². The maximum Gasteiger partial charge on any atom is 0.279 e. The number of para-hydroxylation sites is 1. The number of aromatic nitrogens is 2. The van der Waals surface area contributed by atoms with Crippen LogP contribution in [0.4, 0.5) is 8.78 Å². The van der Waals surface area contributed by atoms with Crippen molar-refractivity contribution in [1.29, 1.82) is 0 Å². The second kappa shape index (κ2) is 6.13. The van der Waals surface area contributed by atoms with Gasteiger partial charge in [-0.3, -0.25) is 9.89 Å². The quantitative estimate of drug-likeness (QED) is 0.944. The van der Waals surface area contributed by atoms with Crippen LogP contribution in [0.2, 0.25) is 0 Å². The third kappa shape index (κ3) is 3.08. The molecule has 1 fully saturated rings. The number of benzene rings is 1. The maximum atomic E-state index is 12.5. The van der Waals surface area contributed by atoms with Crippen LogP contribution in [0.3, 0.4) is 0 Å². The van der Waals surface area contributed by atoms with Crippen LogP contribution in [0.1, 0.15) is 29.0 Å². The van der Waals surface area contributed by atoms with E-state index in [4.69, 9.17) is 4.74 Å². The normalized spacial score (nSPS) is 18.0. The number of nitrogens with zero attached hydrogens (tertiary/aromatic N) is 2. The first-order valence-corrected chi connectivity index (χ1v) is 6.98. The van der Waals surface area contributed by atoms with Gasteiger partial charge in [-0.25, -0.2) is 8.78 Å². The summed E-state index contributed by atoms with van der Waals surface area (Å²) in [6.45, 7) is 0.942. The summed E-state index contributed by atoms with van der Waals surface area (Å²) in [4.78, 5) is 13.8. The van der Waals surface area contributed by atoms with Crippen LogP contribution in [0, 0.1) is 0 Å². The highest BCUT2D eigenvalue weighted by molar-refractivity contribution is 5.92. The molecular weight excluding hydrogens is 292 g/mol. The van der Waals surface area contributed by atoms with Gasteiger partial charge in [0.2, 0.25) is 0 Å². The number of hydrogen-bond acceptors (Lipinski definition) is 3. The van der Waals surface area contributed by atoms with E-state index in [1.807, 2.05) is 30.3 Å². The monoisotopic (exact) mass is 307 g/mol. The average Bonchev–Trinajstić information content (AvgIpc) is 3.17. The first kappa shape index (κ1) is 14.5. The number of aromatic amines is 1. The summed E-state index contributed by atoms with van der Waals surface area (Å²) in [5.74, 6) is 0.392. The third-order valence-electron chi connectivity index (χ3n) is 3.53. The predicted molar refractivity (Wildman–Crippen MR) is 74.9 cm³/mol. The van der Waals surface area contributed by atoms with Gasteiger partial charge in [0.1, 0.15) is 17.5 Å². The summed E-state index contributed by atoms with van der Waals surface area (Å²) in [6.07, 6.45) is -2.06. The van der Waals surface area contributed by atoms with Crippen LogP contribution in [-0.4, -0.2) is 40.2 Å². The lowest BCUT2D eigenvalue weighted by atomic mass is 10.3. The number of rotatable bonds is 4. The Morgan fingerprint density at radius 2 is 2.14 bits per heavy atom. The van der Waals surface area contributed by atoms with Gasteiger partial charge in [0.25, 0.3) is 12.3 Å². The van der Waals surface area contributed by atoms with Gasteiger partial charge in [-0.05, 0) is 18.2 Å². The first-order valence-electron chi connectivity index (χ1n) is 6.98. The Bertz CT molecular complexity index is 645. The Balaban J connectivity index is 1.60. The highest BCUT2D eigenvalue weighted by Gasteiger charge is 2.30. The molecule has 0 saturated carbocycles. The van der Waals surface area contributed by atoms with Crippen molar-refractivity contribution in [2.75, 3.05) is 13.1 Å². The number of alkyl halides is 2. The smallest absolute Gasteiger partial charge is 0.279 e. The zero-order valence-electron chi connectivity index (χ0n) is 11.7. The van der Waals surface area contributed by atoms with E-state index < -0.39 is 6.43 Å². The molecule has 0 bridgehead atoms. The van der Waals surface area contributed by atoms with Crippen LogP contribution in [0.5, 0.6) is 5.75 Å². The molecule has 5 nitrogen and oxygen atoms in total. The fraction of sp³-hybridized carbons (Fsp3) is 0.333. The van der Waals surface area contributed by atoms with Crippen molar-refractivity contribution >= 4 is 5.91 Å². The lowest BCUT2D eigenvalue weighted by Gasteiger charge is -2.16. The molecule has 116 valence electrons. The summed E-state index contributed by atoms with van der Waals surface area (Å²) < 4.78 is 30.8. The molecule has 1 aromatic heterocycles. The summed E-state index contributed by atoms with van der Waals surface area (Å²) >= 11 is 0. The molecule has 0 radical (unpaired) electrons. The number of halogens is 2. The van der Waals surface area contributed by atoms with Gasteiger partial charge in [-0.2, -0.15) is 5.10 Å². The molecule has 3 rings (SSSR count).